The standard InChI is InChI=1S/C17H16F2N2O4S/c1-24-15-4-2-3-10(12(15)8-22)9-26(23)17-20-13-6-5-11(25-16(18)19)7-14(13)21-17/h2-7,16,22H,8-9H2,1H3,(H,20,21)/t26-/m1/s1. The number of fused-ring (bicyclic) bond motifs is 1. The molecule has 26 heavy (non-hydrogen) atoms. The Balaban J connectivity index is 1.86. The van der Waals surface area contributed by atoms with Crippen LogP contribution in [0.4, 0.5) is 8.78 Å². The van der Waals surface area contributed by atoms with Crippen molar-refractivity contribution in [2.75, 3.05) is 7.11 Å². The number of imidazole rings is 1. The first-order valence-corrected chi connectivity index (χ1v) is 8.92. The third-order valence-corrected chi connectivity index (χ3v) is 4.96. The van der Waals surface area contributed by atoms with Gasteiger partial charge in [0.2, 0.25) is 0 Å². The molecule has 0 aliphatic carbocycles. The summed E-state index contributed by atoms with van der Waals surface area (Å²) in [6, 6.07) is 9.47. The Bertz CT molecular complexity index is 946. The highest BCUT2D eigenvalue weighted by Gasteiger charge is 2.16. The number of hydrogen-bond acceptors (Lipinski definition) is 5. The minimum atomic E-state index is -2.92. The van der Waals surface area contributed by atoms with Gasteiger partial charge in [0, 0.05) is 11.6 Å². The van der Waals surface area contributed by atoms with Crippen LogP contribution in [0.15, 0.2) is 41.6 Å². The zero-order chi connectivity index (χ0) is 18.7. The first kappa shape index (κ1) is 18.3. The Labute approximate surface area is 150 Å². The predicted octanol–water partition coefficient (Wildman–Crippen LogP) is 2.97. The van der Waals surface area contributed by atoms with Gasteiger partial charge in [0.25, 0.3) is 0 Å². The van der Waals surface area contributed by atoms with E-state index < -0.39 is 17.4 Å². The number of nitrogens with zero attached hydrogens (tertiary/aromatic N) is 1. The number of aromatic amines is 1. The van der Waals surface area contributed by atoms with Crippen LogP contribution in [0.1, 0.15) is 11.1 Å². The van der Waals surface area contributed by atoms with Crippen molar-refractivity contribution in [3.63, 3.8) is 0 Å². The topological polar surface area (TPSA) is 84.4 Å². The summed E-state index contributed by atoms with van der Waals surface area (Å²) in [5.41, 5.74) is 2.17. The van der Waals surface area contributed by atoms with E-state index in [4.69, 9.17) is 4.74 Å². The summed E-state index contributed by atoms with van der Waals surface area (Å²) in [5, 5.41) is 9.76. The van der Waals surface area contributed by atoms with Gasteiger partial charge < -0.3 is 19.6 Å². The molecule has 0 fully saturated rings. The smallest absolute Gasteiger partial charge is 0.387 e. The largest absolute Gasteiger partial charge is 0.496 e. The lowest BCUT2D eigenvalue weighted by molar-refractivity contribution is -0.0497. The summed E-state index contributed by atoms with van der Waals surface area (Å²) in [7, 11) is -0.0352. The van der Waals surface area contributed by atoms with Gasteiger partial charge in [-0.15, -0.1) is 0 Å². The molecule has 0 aliphatic rings. The molecule has 138 valence electrons. The highest BCUT2D eigenvalue weighted by molar-refractivity contribution is 7.84. The molecule has 9 heteroatoms. The molecule has 0 bridgehead atoms. The quantitative estimate of drug-likeness (QED) is 0.656. The maximum absolute atomic E-state index is 12.7. The van der Waals surface area contributed by atoms with E-state index in [9.17, 15) is 18.1 Å². The molecule has 1 aromatic heterocycles. The van der Waals surface area contributed by atoms with Crippen LogP contribution < -0.4 is 9.47 Å². The molecule has 0 radical (unpaired) electrons. The number of benzene rings is 2. The molecule has 0 aliphatic heterocycles. The van der Waals surface area contributed by atoms with E-state index in [0.29, 0.717) is 27.9 Å². The van der Waals surface area contributed by atoms with Gasteiger partial charge in [0.1, 0.15) is 11.5 Å². The van der Waals surface area contributed by atoms with E-state index >= 15 is 0 Å². The van der Waals surface area contributed by atoms with Gasteiger partial charge in [-0.05, 0) is 23.8 Å². The van der Waals surface area contributed by atoms with Crippen molar-refractivity contribution >= 4 is 21.8 Å². The summed E-state index contributed by atoms with van der Waals surface area (Å²) >= 11 is 0. The van der Waals surface area contributed by atoms with Gasteiger partial charge in [0.15, 0.2) is 5.16 Å². The van der Waals surface area contributed by atoms with Crippen molar-refractivity contribution < 1.29 is 27.6 Å². The van der Waals surface area contributed by atoms with Crippen LogP contribution in [-0.4, -0.2) is 33.0 Å². The second-order valence-electron chi connectivity index (χ2n) is 5.35. The van der Waals surface area contributed by atoms with E-state index in [-0.39, 0.29) is 23.3 Å². The van der Waals surface area contributed by atoms with E-state index in [0.717, 1.165) is 0 Å². The van der Waals surface area contributed by atoms with Crippen molar-refractivity contribution in [2.24, 2.45) is 0 Å². The molecular formula is C17H16F2N2O4S. The van der Waals surface area contributed by atoms with E-state index in [2.05, 4.69) is 14.7 Å². The monoisotopic (exact) mass is 382 g/mol. The van der Waals surface area contributed by atoms with E-state index in [1.165, 1.54) is 25.3 Å². The minimum Gasteiger partial charge on any atom is -0.496 e. The number of aliphatic hydroxyl groups is 1. The maximum atomic E-state index is 12.7. The average molecular weight is 382 g/mol. The van der Waals surface area contributed by atoms with Crippen LogP contribution in [0.2, 0.25) is 0 Å². The van der Waals surface area contributed by atoms with Crippen LogP contribution in [0, 0.1) is 0 Å². The maximum Gasteiger partial charge on any atom is 0.387 e. The van der Waals surface area contributed by atoms with Gasteiger partial charge in [0.05, 0.1) is 41.3 Å². The van der Waals surface area contributed by atoms with Gasteiger partial charge in [-0.3, -0.25) is 4.21 Å². The number of H-pyrrole nitrogens is 1. The summed E-state index contributed by atoms with van der Waals surface area (Å²) in [5.74, 6) is 0.622. The highest BCUT2D eigenvalue weighted by Crippen LogP contribution is 2.26. The molecule has 2 N–H and O–H groups in total. The molecule has 0 amide bonds. The number of alkyl halides is 2. The Morgan fingerprint density at radius 1 is 1.31 bits per heavy atom. The summed E-state index contributed by atoms with van der Waals surface area (Å²) in [6.07, 6.45) is 0. The first-order valence-electron chi connectivity index (χ1n) is 7.60. The third kappa shape index (κ3) is 3.83. The van der Waals surface area contributed by atoms with Crippen LogP contribution >= 0.6 is 0 Å². The highest BCUT2D eigenvalue weighted by atomic mass is 32.2. The molecule has 0 spiro atoms. The van der Waals surface area contributed by atoms with Crippen molar-refractivity contribution in [1.29, 1.82) is 0 Å². The summed E-state index contributed by atoms with van der Waals surface area (Å²) in [6.45, 7) is -3.17. The molecule has 0 saturated heterocycles. The number of aliphatic hydroxyl groups excluding tert-OH is 1. The Hall–Kier alpha value is -2.52. The second kappa shape index (κ2) is 7.79. The van der Waals surface area contributed by atoms with Crippen molar-refractivity contribution in [3.8, 4) is 11.5 Å². The fourth-order valence-electron chi connectivity index (χ4n) is 2.58. The summed E-state index contributed by atoms with van der Waals surface area (Å²) < 4.78 is 46.8. The van der Waals surface area contributed by atoms with Crippen LogP contribution in [0.5, 0.6) is 11.5 Å². The van der Waals surface area contributed by atoms with Crippen molar-refractivity contribution in [3.05, 3.63) is 47.5 Å². The predicted molar refractivity (Wildman–Crippen MR) is 91.8 cm³/mol. The number of nitrogens with one attached hydrogen (secondary N) is 1. The molecule has 0 unspecified atom stereocenters. The normalized spacial score (nSPS) is 12.5. The van der Waals surface area contributed by atoms with Crippen molar-refractivity contribution in [1.82, 2.24) is 9.97 Å². The fraction of sp³-hybridized carbons (Fsp3) is 0.235. The van der Waals surface area contributed by atoms with E-state index in [1.807, 2.05) is 0 Å². The lowest BCUT2D eigenvalue weighted by atomic mass is 10.1. The molecule has 3 aromatic rings. The molecule has 6 nitrogen and oxygen atoms in total. The van der Waals surface area contributed by atoms with Gasteiger partial charge >= 0.3 is 6.61 Å². The van der Waals surface area contributed by atoms with E-state index in [1.54, 1.807) is 18.2 Å². The van der Waals surface area contributed by atoms with Crippen LogP contribution in [0.3, 0.4) is 0 Å². The Morgan fingerprint density at radius 2 is 2.12 bits per heavy atom. The summed E-state index contributed by atoms with van der Waals surface area (Å²) in [4.78, 5) is 7.10. The lowest BCUT2D eigenvalue weighted by Gasteiger charge is -2.11. The molecule has 3 rings (SSSR count). The molecule has 1 heterocycles. The zero-order valence-corrected chi connectivity index (χ0v) is 14.6. The number of ether oxygens (including phenoxy) is 2. The number of rotatable bonds is 7. The SMILES string of the molecule is COc1cccc(C[S@@](=O)c2nc3ccc(OC(F)F)cc3[nH]2)c1CO. The number of methoxy groups -OCH3 is 1. The molecule has 0 saturated carbocycles. The average Bonchev–Trinajstić information content (AvgIpc) is 3.04. The first-order chi connectivity index (χ1) is 12.5. The minimum absolute atomic E-state index is 0.0103. The van der Waals surface area contributed by atoms with Crippen LogP contribution in [0.25, 0.3) is 11.0 Å². The fourth-order valence-corrected chi connectivity index (χ4v) is 3.69. The third-order valence-electron chi connectivity index (χ3n) is 3.77. The zero-order valence-electron chi connectivity index (χ0n) is 13.7. The Morgan fingerprint density at radius 3 is 2.81 bits per heavy atom. The Kier molecular flexibility index (Phi) is 5.48. The molecular weight excluding hydrogens is 366 g/mol. The van der Waals surface area contributed by atoms with Gasteiger partial charge in [-0.25, -0.2) is 4.98 Å². The number of aromatic nitrogens is 2. The van der Waals surface area contributed by atoms with Gasteiger partial charge in [-0.2, -0.15) is 8.78 Å². The lowest BCUT2D eigenvalue weighted by Crippen LogP contribution is -2.03. The molecule has 1 atom stereocenters. The molecule has 2 aromatic carbocycles. The van der Waals surface area contributed by atoms with Gasteiger partial charge in [-0.1, -0.05) is 12.1 Å². The van der Waals surface area contributed by atoms with Crippen molar-refractivity contribution in [2.45, 2.75) is 24.1 Å². The number of halogens is 2. The second-order valence-corrected chi connectivity index (χ2v) is 6.71. The van der Waals surface area contributed by atoms with Crippen LogP contribution in [-0.2, 0) is 23.2 Å². The number of hydrogen-bond donors (Lipinski definition) is 2.